The number of ketones is 1. The minimum atomic E-state index is -0.877. The summed E-state index contributed by atoms with van der Waals surface area (Å²) in [6.07, 6.45) is 2.00. The van der Waals surface area contributed by atoms with Gasteiger partial charge in [0.25, 0.3) is 0 Å². The summed E-state index contributed by atoms with van der Waals surface area (Å²) in [5.41, 5.74) is 1.73. The summed E-state index contributed by atoms with van der Waals surface area (Å²) in [5, 5.41) is 0.697. The quantitative estimate of drug-likeness (QED) is 0.0728. The van der Waals surface area contributed by atoms with Crippen LogP contribution in [-0.2, 0) is 0 Å². The van der Waals surface area contributed by atoms with Gasteiger partial charge in [0.05, 0.1) is 0 Å². The Morgan fingerprint density at radius 2 is 1.11 bits per heavy atom. The van der Waals surface area contributed by atoms with Gasteiger partial charge < -0.3 is 23.7 Å². The molecule has 1 aromatic heterocycles. The van der Waals surface area contributed by atoms with Crippen molar-refractivity contribution in [2.75, 3.05) is 26.2 Å². The van der Waals surface area contributed by atoms with Crippen LogP contribution in [0, 0.1) is 0 Å². The van der Waals surface area contributed by atoms with Gasteiger partial charge in [-0.25, -0.2) is 9.59 Å². The third-order valence-electron chi connectivity index (χ3n) is 8.54. The maximum Gasteiger partial charge on any atom is 0.519 e. The highest BCUT2D eigenvalue weighted by Gasteiger charge is 2.23. The SMILES string of the molecule is Cl.O=C(Oc1ccccc1)Oc1ccc(-c2sc3cc(OC(=O)Oc4ccccc4)ccc3c2C(=O)c2ccc(OCCN3CCCCC3)cc2)cc1. The van der Waals surface area contributed by atoms with Crippen LogP contribution in [0.4, 0.5) is 9.59 Å². The van der Waals surface area contributed by atoms with Crippen LogP contribution in [0.15, 0.2) is 127 Å². The molecule has 9 nitrogen and oxygen atoms in total. The number of rotatable bonds is 11. The Morgan fingerprint density at radius 3 is 1.72 bits per heavy atom. The molecule has 1 aliphatic rings. The van der Waals surface area contributed by atoms with E-state index in [0.717, 1.165) is 29.9 Å². The number of fused-ring (bicyclic) bond motifs is 1. The van der Waals surface area contributed by atoms with E-state index in [-0.39, 0.29) is 29.7 Å². The third kappa shape index (κ3) is 9.61. The number of hydrogen-bond acceptors (Lipinski definition) is 10. The molecule has 6 aromatic rings. The second-order valence-corrected chi connectivity index (χ2v) is 13.2. The Labute approximate surface area is 317 Å². The van der Waals surface area contributed by atoms with Crippen molar-refractivity contribution in [3.8, 4) is 39.2 Å². The minimum absolute atomic E-state index is 0. The van der Waals surface area contributed by atoms with Gasteiger partial charge in [0, 0.05) is 32.6 Å². The predicted octanol–water partition coefficient (Wildman–Crippen LogP) is 10.2. The van der Waals surface area contributed by atoms with Crippen molar-refractivity contribution in [2.45, 2.75) is 19.3 Å². The summed E-state index contributed by atoms with van der Waals surface area (Å²) in [4.78, 5) is 42.3. The van der Waals surface area contributed by atoms with Crippen LogP contribution in [0.5, 0.6) is 28.7 Å². The molecule has 2 heterocycles. The van der Waals surface area contributed by atoms with E-state index in [1.54, 1.807) is 103 Å². The van der Waals surface area contributed by atoms with Crippen molar-refractivity contribution in [1.29, 1.82) is 0 Å². The summed E-state index contributed by atoms with van der Waals surface area (Å²) >= 11 is 1.38. The molecular formula is C42H36ClNO8S. The highest BCUT2D eigenvalue weighted by molar-refractivity contribution is 7.22. The molecule has 1 aliphatic heterocycles. The van der Waals surface area contributed by atoms with E-state index >= 15 is 0 Å². The number of ether oxygens (including phenoxy) is 5. The first-order chi connectivity index (χ1) is 25.5. The first-order valence-electron chi connectivity index (χ1n) is 17.0. The van der Waals surface area contributed by atoms with Crippen LogP contribution >= 0.6 is 23.7 Å². The first kappa shape index (κ1) is 37.1. The van der Waals surface area contributed by atoms with E-state index in [1.165, 1.54) is 30.6 Å². The molecule has 0 spiro atoms. The van der Waals surface area contributed by atoms with Gasteiger partial charge in [0.15, 0.2) is 5.78 Å². The summed E-state index contributed by atoms with van der Waals surface area (Å²) in [5.74, 6) is 1.80. The van der Waals surface area contributed by atoms with Gasteiger partial charge in [-0.2, -0.15) is 0 Å². The number of hydrogen-bond donors (Lipinski definition) is 0. The number of carbonyl (C=O) groups excluding carboxylic acids is 3. The Morgan fingerprint density at radius 1 is 0.585 bits per heavy atom. The predicted molar refractivity (Wildman–Crippen MR) is 206 cm³/mol. The van der Waals surface area contributed by atoms with Crippen LogP contribution in [0.3, 0.4) is 0 Å². The zero-order valence-corrected chi connectivity index (χ0v) is 30.2. The number of piperidine rings is 1. The summed E-state index contributed by atoms with van der Waals surface area (Å²) in [7, 11) is 0. The van der Waals surface area contributed by atoms with Gasteiger partial charge in [-0.1, -0.05) is 42.8 Å². The molecule has 1 fully saturated rings. The van der Waals surface area contributed by atoms with E-state index in [0.29, 0.717) is 45.2 Å². The van der Waals surface area contributed by atoms with E-state index in [4.69, 9.17) is 23.7 Å². The zero-order valence-electron chi connectivity index (χ0n) is 28.6. The van der Waals surface area contributed by atoms with Gasteiger partial charge in [0.2, 0.25) is 0 Å². The van der Waals surface area contributed by atoms with Crippen molar-refractivity contribution in [3.63, 3.8) is 0 Å². The highest BCUT2D eigenvalue weighted by atomic mass is 35.5. The number of likely N-dealkylation sites (tertiary alicyclic amines) is 1. The average molecular weight is 750 g/mol. The molecule has 0 N–H and O–H groups in total. The molecule has 0 amide bonds. The van der Waals surface area contributed by atoms with Crippen molar-refractivity contribution in [3.05, 3.63) is 139 Å². The monoisotopic (exact) mass is 749 g/mol. The van der Waals surface area contributed by atoms with Gasteiger partial charge in [-0.05, 0) is 122 Å². The third-order valence-corrected chi connectivity index (χ3v) is 9.74. The molecule has 5 aromatic carbocycles. The van der Waals surface area contributed by atoms with Gasteiger partial charge in [-0.15, -0.1) is 23.7 Å². The molecule has 0 bridgehead atoms. The molecule has 53 heavy (non-hydrogen) atoms. The Balaban J connectivity index is 0.00000481. The van der Waals surface area contributed by atoms with E-state index in [1.807, 2.05) is 24.3 Å². The molecule has 270 valence electrons. The van der Waals surface area contributed by atoms with Gasteiger partial charge >= 0.3 is 12.3 Å². The Kier molecular flexibility index (Phi) is 12.4. The maximum absolute atomic E-state index is 14.3. The number of para-hydroxylation sites is 2. The summed E-state index contributed by atoms with van der Waals surface area (Å²) < 4.78 is 28.1. The fourth-order valence-corrected chi connectivity index (χ4v) is 7.20. The number of benzene rings is 5. The molecule has 0 radical (unpaired) electrons. The maximum atomic E-state index is 14.3. The molecular weight excluding hydrogens is 714 g/mol. The molecule has 0 unspecified atom stereocenters. The van der Waals surface area contributed by atoms with Crippen LogP contribution in [0.2, 0.25) is 0 Å². The lowest BCUT2D eigenvalue weighted by atomic mass is 9.97. The molecule has 0 aliphatic carbocycles. The minimum Gasteiger partial charge on any atom is -0.492 e. The van der Waals surface area contributed by atoms with Crippen molar-refractivity contribution >= 4 is 51.9 Å². The Bertz CT molecular complexity index is 2150. The second-order valence-electron chi connectivity index (χ2n) is 12.1. The van der Waals surface area contributed by atoms with Crippen LogP contribution in [0.25, 0.3) is 20.5 Å². The molecule has 0 saturated carbocycles. The van der Waals surface area contributed by atoms with Crippen molar-refractivity contribution in [1.82, 2.24) is 4.90 Å². The van der Waals surface area contributed by atoms with Crippen LogP contribution in [0.1, 0.15) is 35.2 Å². The molecule has 0 atom stereocenters. The number of halogens is 1. The van der Waals surface area contributed by atoms with Crippen molar-refractivity contribution < 1.29 is 38.1 Å². The second kappa shape index (κ2) is 17.7. The lowest BCUT2D eigenvalue weighted by Gasteiger charge is -2.26. The fourth-order valence-electron chi connectivity index (χ4n) is 5.97. The smallest absolute Gasteiger partial charge is 0.492 e. The number of nitrogens with zero attached hydrogens (tertiary/aromatic N) is 1. The molecule has 11 heteroatoms. The molecule has 1 saturated heterocycles. The van der Waals surface area contributed by atoms with Crippen LogP contribution in [-0.4, -0.2) is 49.2 Å². The summed E-state index contributed by atoms with van der Waals surface area (Å²) in [6.45, 7) is 3.67. The standard InChI is InChI=1S/C42H35NO8S.ClH/c44-39(29-14-18-31(19-15-29)47-27-26-43-24-8-3-9-25-43)38-36-23-22-35(51-42(46)49-33-12-6-2-7-13-33)28-37(36)52-40(38)30-16-20-34(21-17-30)50-41(45)48-32-10-4-1-5-11-32;/h1-2,4-7,10-23,28H,3,8-9,24-27H2;1H. The normalized spacial score (nSPS) is 12.7. The van der Waals surface area contributed by atoms with E-state index in [9.17, 15) is 14.4 Å². The van der Waals surface area contributed by atoms with Gasteiger partial charge in [-0.3, -0.25) is 9.69 Å². The topological polar surface area (TPSA) is 101 Å². The number of carbonyl (C=O) groups is 3. The summed E-state index contributed by atoms with van der Waals surface area (Å²) in [6, 6.07) is 36.4. The average Bonchev–Trinajstić information content (AvgIpc) is 3.55. The fraction of sp³-hybridized carbons (Fsp3) is 0.167. The molecule has 7 rings (SSSR count). The van der Waals surface area contributed by atoms with E-state index < -0.39 is 12.3 Å². The van der Waals surface area contributed by atoms with Crippen molar-refractivity contribution in [2.24, 2.45) is 0 Å². The highest BCUT2D eigenvalue weighted by Crippen LogP contribution is 2.42. The number of thiophene rings is 1. The Hall–Kier alpha value is -5.68. The largest absolute Gasteiger partial charge is 0.519 e. The first-order valence-corrected chi connectivity index (χ1v) is 17.9. The van der Waals surface area contributed by atoms with Crippen LogP contribution < -0.4 is 23.7 Å². The lowest BCUT2D eigenvalue weighted by Crippen LogP contribution is -2.33. The van der Waals surface area contributed by atoms with Gasteiger partial charge in [0.1, 0.15) is 35.4 Å². The van der Waals surface area contributed by atoms with E-state index in [2.05, 4.69) is 4.90 Å². The lowest BCUT2D eigenvalue weighted by molar-refractivity contribution is 0.104. The zero-order chi connectivity index (χ0) is 35.7.